The van der Waals surface area contributed by atoms with Gasteiger partial charge in [0.25, 0.3) is 0 Å². The minimum Gasteiger partial charge on any atom is -0.366 e. The Morgan fingerprint density at radius 1 is 1.29 bits per heavy atom. The van der Waals surface area contributed by atoms with Crippen molar-refractivity contribution in [1.82, 2.24) is 4.90 Å². The fraction of sp³-hybridized carbons (Fsp3) is 0.429. The first-order valence-corrected chi connectivity index (χ1v) is 7.81. The maximum atomic E-state index is 8.75. The van der Waals surface area contributed by atoms with Gasteiger partial charge in [-0.25, -0.2) is 0 Å². The number of benzene rings is 2. The number of rotatable bonds is 6. The molecule has 2 atom stereocenters. The van der Waals surface area contributed by atoms with Crippen LogP contribution in [-0.2, 0) is 10.3 Å². The maximum Gasteiger partial charge on any atom is 0.115 e. The molecule has 0 radical (unpaired) electrons. The zero-order valence-electron chi connectivity index (χ0n) is 25.1. The third kappa shape index (κ3) is 3.83. The number of nitrogens with zero attached hydrogens (tertiary/aromatic N) is 1. The van der Waals surface area contributed by atoms with Crippen molar-refractivity contribution in [3.05, 3.63) is 70.7 Å². The molecule has 0 N–H and O–H groups in total. The van der Waals surface area contributed by atoms with E-state index in [0.717, 1.165) is 7.05 Å². The fourth-order valence-corrected chi connectivity index (χ4v) is 2.48. The first-order valence-electron chi connectivity index (χ1n) is 13.4. The Kier molecular flexibility index (Phi) is 2.53. The second-order valence-electron chi connectivity index (χ2n) is 5.34. The highest BCUT2D eigenvalue weighted by molar-refractivity contribution is 6.30. The van der Waals surface area contributed by atoms with Gasteiger partial charge in [-0.1, -0.05) is 54.1 Å². The van der Waals surface area contributed by atoms with E-state index in [4.69, 9.17) is 32.8 Å². The summed E-state index contributed by atoms with van der Waals surface area (Å²) in [5, 5.41) is 0.296. The van der Waals surface area contributed by atoms with Crippen LogP contribution in [0.25, 0.3) is 0 Å². The molecular weight excluding hydrogens is 318 g/mol. The third-order valence-corrected chi connectivity index (χ3v) is 3.98. The van der Waals surface area contributed by atoms with Crippen LogP contribution in [0.5, 0.6) is 0 Å². The van der Waals surface area contributed by atoms with Crippen LogP contribution in [0.3, 0.4) is 0 Å². The van der Waals surface area contributed by atoms with Crippen molar-refractivity contribution in [3.8, 4) is 0 Å². The zero-order valence-corrected chi connectivity index (χ0v) is 13.9. The van der Waals surface area contributed by atoms with Gasteiger partial charge in [0.15, 0.2) is 0 Å². The summed E-state index contributed by atoms with van der Waals surface area (Å²) in [6.07, 6.45) is -7.60. The highest BCUT2D eigenvalue weighted by atomic mass is 35.5. The van der Waals surface area contributed by atoms with Crippen molar-refractivity contribution in [1.29, 1.82) is 0 Å². The van der Waals surface area contributed by atoms with E-state index in [2.05, 4.69) is 0 Å². The Morgan fingerprint density at radius 2 is 2.00 bits per heavy atom. The SMILES string of the molecule is [2H]C([2H])(C[C@]1([2H])N(C)C([2H])([2H])C([2H])([2H])C1([2H])[2H])O[C@](c1ccccc1)(c1ccc(Cl)cc1)C([2H])([2H])[2H]. The molecule has 1 aliphatic heterocycles. The lowest BCUT2D eigenvalue weighted by Crippen LogP contribution is -2.31. The van der Waals surface area contributed by atoms with E-state index in [0.29, 0.717) is 9.92 Å². The van der Waals surface area contributed by atoms with Gasteiger partial charge in [-0.3, -0.25) is 0 Å². The molecular formula is C21H26ClNO. The second-order valence-corrected chi connectivity index (χ2v) is 5.78. The first-order chi connectivity index (χ1) is 16.2. The van der Waals surface area contributed by atoms with Crippen LogP contribution in [0.15, 0.2) is 54.6 Å². The van der Waals surface area contributed by atoms with Crippen LogP contribution in [0.1, 0.15) is 53.6 Å². The number of hydrogen-bond acceptors (Lipinski definition) is 2. The van der Waals surface area contributed by atoms with Crippen molar-refractivity contribution in [3.63, 3.8) is 0 Å². The Hall–Kier alpha value is -1.35. The molecule has 0 saturated carbocycles. The van der Waals surface area contributed by atoms with E-state index < -0.39 is 50.7 Å². The van der Waals surface area contributed by atoms with Crippen LogP contribution in [0.4, 0.5) is 0 Å². The summed E-state index contributed by atoms with van der Waals surface area (Å²) >= 11 is 5.99. The third-order valence-electron chi connectivity index (χ3n) is 3.73. The summed E-state index contributed by atoms with van der Waals surface area (Å²) in [7, 11) is 0.985. The zero-order chi connectivity index (χ0) is 27.6. The number of likely N-dealkylation sites (tertiary alicyclic amines) is 1. The summed E-state index contributed by atoms with van der Waals surface area (Å²) in [5.74, 6) is 0. The normalized spacial score (nSPS) is 38.8. The van der Waals surface area contributed by atoms with Crippen LogP contribution in [0, 0.1) is 0 Å². The summed E-state index contributed by atoms with van der Waals surface area (Å²) in [6, 6.07) is 10.4. The molecule has 0 aliphatic carbocycles. The highest BCUT2D eigenvalue weighted by Gasteiger charge is 2.30. The standard InChI is InChI=1S/C21H26ClNO/c1-21(17-7-4-3-5-8-17,18-10-12-19(22)13-11-18)24-16-14-20-9-6-15-23(20)2/h3-5,7-8,10-13,20H,6,9,14-16H2,1-2H3/t20-,21-/m1/s1/i1D3,6D2,9D2,15D2,16D2,20D. The molecule has 2 aromatic rings. The molecule has 0 bridgehead atoms. The minimum absolute atomic E-state index is 0.0226. The molecule has 1 aliphatic rings. The number of ether oxygens (including phenoxy) is 1. The van der Waals surface area contributed by atoms with E-state index in [1.807, 2.05) is 0 Å². The van der Waals surface area contributed by atoms with Gasteiger partial charge in [-0.15, -0.1) is 0 Å². The molecule has 2 nitrogen and oxygen atoms in total. The van der Waals surface area contributed by atoms with Crippen molar-refractivity contribution < 1.29 is 21.2 Å². The topological polar surface area (TPSA) is 12.5 Å². The lowest BCUT2D eigenvalue weighted by Gasteiger charge is -2.32. The number of hydrogen-bond donors (Lipinski definition) is 0. The van der Waals surface area contributed by atoms with Crippen LogP contribution in [0.2, 0.25) is 5.02 Å². The van der Waals surface area contributed by atoms with Gasteiger partial charge in [0.05, 0.1) is 2.74 Å². The fourth-order valence-electron chi connectivity index (χ4n) is 2.35. The largest absolute Gasteiger partial charge is 0.366 e. The second kappa shape index (κ2) is 7.69. The van der Waals surface area contributed by atoms with Crippen molar-refractivity contribution in [2.45, 2.75) is 37.6 Å². The molecule has 0 aromatic heterocycles. The Labute approximate surface area is 167 Å². The van der Waals surface area contributed by atoms with Gasteiger partial charge < -0.3 is 9.64 Å². The predicted molar refractivity (Wildman–Crippen MR) is 101 cm³/mol. The van der Waals surface area contributed by atoms with Gasteiger partial charge in [-0.2, -0.15) is 0 Å². The van der Waals surface area contributed by atoms with Gasteiger partial charge in [0, 0.05) is 31.3 Å². The van der Waals surface area contributed by atoms with Gasteiger partial charge in [0.1, 0.15) is 5.60 Å². The molecule has 2 aromatic carbocycles. The molecule has 1 saturated heterocycles. The van der Waals surface area contributed by atoms with E-state index in [1.54, 1.807) is 18.2 Å². The number of halogens is 1. The van der Waals surface area contributed by atoms with Gasteiger partial charge >= 0.3 is 0 Å². The van der Waals surface area contributed by atoms with E-state index in [-0.39, 0.29) is 11.1 Å². The molecule has 0 amide bonds. The van der Waals surface area contributed by atoms with Crippen molar-refractivity contribution in [2.24, 2.45) is 0 Å². The molecule has 3 heteroatoms. The molecule has 1 heterocycles. The molecule has 0 unspecified atom stereocenters. The van der Waals surface area contributed by atoms with Gasteiger partial charge in [-0.05, 0) is 62.8 Å². The highest BCUT2D eigenvalue weighted by Crippen LogP contribution is 2.34. The predicted octanol–water partition coefficient (Wildman–Crippen LogP) is 5.10. The molecule has 3 rings (SSSR count). The van der Waals surface area contributed by atoms with Crippen LogP contribution >= 0.6 is 11.6 Å². The lowest BCUT2D eigenvalue weighted by molar-refractivity contribution is -0.0117. The average Bonchev–Trinajstić information content (AvgIpc) is 2.82. The van der Waals surface area contributed by atoms with Crippen LogP contribution in [-0.4, -0.2) is 31.0 Å². The molecule has 24 heavy (non-hydrogen) atoms. The first kappa shape index (κ1) is 7.90. The smallest absolute Gasteiger partial charge is 0.115 e. The van der Waals surface area contributed by atoms with Crippen LogP contribution < -0.4 is 0 Å². The minimum atomic E-state index is -3.20. The van der Waals surface area contributed by atoms with E-state index >= 15 is 0 Å². The quantitative estimate of drug-likeness (QED) is 0.714. The Bertz CT molecular complexity index is 1090. The summed E-state index contributed by atoms with van der Waals surface area (Å²) in [4.78, 5) is 0.489. The van der Waals surface area contributed by atoms with E-state index in [9.17, 15) is 0 Å². The molecule has 128 valence electrons. The van der Waals surface area contributed by atoms with E-state index in [1.165, 1.54) is 36.4 Å². The summed E-state index contributed by atoms with van der Waals surface area (Å²) in [5.41, 5.74) is -2.35. The Balaban J connectivity index is 2.19. The Morgan fingerprint density at radius 3 is 2.62 bits per heavy atom. The van der Waals surface area contributed by atoms with Gasteiger partial charge in [0.2, 0.25) is 0 Å². The summed E-state index contributed by atoms with van der Waals surface area (Å²) < 4.78 is 106. The monoisotopic (exact) mass is 355 g/mol. The average molecular weight is 356 g/mol. The van der Waals surface area contributed by atoms with Crippen molar-refractivity contribution in [2.75, 3.05) is 20.1 Å². The summed E-state index contributed by atoms with van der Waals surface area (Å²) in [6.45, 7) is -9.04. The maximum absolute atomic E-state index is 8.75. The van der Waals surface area contributed by atoms with Crippen molar-refractivity contribution >= 4 is 11.6 Å². The molecule has 0 spiro atoms. The molecule has 1 fully saturated rings. The lowest BCUT2D eigenvalue weighted by atomic mass is 9.88.